The van der Waals surface area contributed by atoms with E-state index in [1.165, 1.54) is 6.21 Å². The van der Waals surface area contributed by atoms with Crippen LogP contribution in [0, 0.1) is 0 Å². The lowest BCUT2D eigenvalue weighted by atomic mass is 10.5. The topological polar surface area (TPSA) is 72.4 Å². The molecule has 3 N–H and O–H groups in total. The van der Waals surface area contributed by atoms with Gasteiger partial charge in [-0.1, -0.05) is 6.58 Å². The van der Waals surface area contributed by atoms with Gasteiger partial charge in [-0.3, -0.25) is 0 Å². The molecule has 0 aliphatic heterocycles. The lowest BCUT2D eigenvalue weighted by Gasteiger charge is -1.95. The molecular formula is C8H10N4O. The highest BCUT2D eigenvalue weighted by atomic mass is 16.2. The Morgan fingerprint density at radius 2 is 2.54 bits per heavy atom. The third-order valence-corrected chi connectivity index (χ3v) is 1.38. The summed E-state index contributed by atoms with van der Waals surface area (Å²) in [5, 5.41) is 3.60. The van der Waals surface area contributed by atoms with Crippen molar-refractivity contribution in [3.05, 3.63) is 30.6 Å². The maximum Gasteiger partial charge on any atom is 0.332 e. The van der Waals surface area contributed by atoms with Crippen LogP contribution in [0.3, 0.4) is 0 Å². The monoisotopic (exact) mass is 178 g/mol. The Bertz CT molecular complexity index is 340. The molecule has 0 atom stereocenters. The molecule has 13 heavy (non-hydrogen) atoms. The van der Waals surface area contributed by atoms with Gasteiger partial charge in [0, 0.05) is 12.4 Å². The Morgan fingerprint density at radius 1 is 1.77 bits per heavy atom. The van der Waals surface area contributed by atoms with Crippen molar-refractivity contribution in [2.45, 2.75) is 0 Å². The Kier molecular flexibility index (Phi) is 2.86. The van der Waals surface area contributed by atoms with Crippen LogP contribution < -0.4 is 11.2 Å². The molecule has 1 heterocycles. The standard InChI is InChI=1S/C8H10N4O/c1-2-12-5-3-4-7(12)6-10-11-8(9)13/h2-6H,1H2,(H3,9,11,13). The van der Waals surface area contributed by atoms with Crippen LogP contribution in [0.2, 0.25) is 0 Å². The first kappa shape index (κ1) is 9.05. The maximum atomic E-state index is 10.3. The largest absolute Gasteiger partial charge is 0.350 e. The van der Waals surface area contributed by atoms with Crippen molar-refractivity contribution in [2.24, 2.45) is 10.8 Å². The van der Waals surface area contributed by atoms with Crippen LogP contribution in [0.1, 0.15) is 5.69 Å². The van der Waals surface area contributed by atoms with Crippen LogP contribution in [0.4, 0.5) is 4.79 Å². The van der Waals surface area contributed by atoms with Crippen molar-refractivity contribution in [2.75, 3.05) is 0 Å². The fraction of sp³-hybridized carbons (Fsp3) is 0. The summed E-state index contributed by atoms with van der Waals surface area (Å²) in [5.41, 5.74) is 7.72. The number of hydrogen-bond acceptors (Lipinski definition) is 2. The van der Waals surface area contributed by atoms with Gasteiger partial charge in [-0.25, -0.2) is 10.2 Å². The summed E-state index contributed by atoms with van der Waals surface area (Å²) in [7, 11) is 0. The molecule has 0 saturated carbocycles. The molecule has 68 valence electrons. The lowest BCUT2D eigenvalue weighted by Crippen LogP contribution is -2.24. The number of nitrogens with one attached hydrogen (secondary N) is 1. The lowest BCUT2D eigenvalue weighted by molar-refractivity contribution is 0.249. The zero-order chi connectivity index (χ0) is 9.68. The highest BCUT2D eigenvalue weighted by molar-refractivity contribution is 5.80. The normalized spacial score (nSPS) is 10.2. The molecule has 0 bridgehead atoms. The Labute approximate surface area is 75.5 Å². The number of aromatic nitrogens is 1. The van der Waals surface area contributed by atoms with Gasteiger partial charge in [-0.05, 0) is 12.1 Å². The molecule has 1 aromatic heterocycles. The second kappa shape index (κ2) is 4.10. The molecule has 5 nitrogen and oxygen atoms in total. The van der Waals surface area contributed by atoms with Gasteiger partial charge in [0.2, 0.25) is 0 Å². The van der Waals surface area contributed by atoms with Gasteiger partial charge in [0.15, 0.2) is 0 Å². The number of primary amides is 1. The van der Waals surface area contributed by atoms with Crippen molar-refractivity contribution in [3.63, 3.8) is 0 Å². The van der Waals surface area contributed by atoms with E-state index >= 15 is 0 Å². The molecule has 5 heteroatoms. The van der Waals surface area contributed by atoms with Crippen molar-refractivity contribution in [3.8, 4) is 0 Å². The van der Waals surface area contributed by atoms with Gasteiger partial charge < -0.3 is 10.3 Å². The number of carbonyl (C=O) groups is 1. The minimum Gasteiger partial charge on any atom is -0.350 e. The molecule has 1 rings (SSSR count). The highest BCUT2D eigenvalue weighted by Gasteiger charge is 1.92. The number of hydrogen-bond donors (Lipinski definition) is 2. The van der Waals surface area contributed by atoms with E-state index in [2.05, 4.69) is 17.1 Å². The first-order chi connectivity index (χ1) is 6.24. The fourth-order valence-corrected chi connectivity index (χ4v) is 0.844. The predicted octanol–water partition coefficient (Wildman–Crippen LogP) is 0.591. The quantitative estimate of drug-likeness (QED) is 0.516. The van der Waals surface area contributed by atoms with Crippen LogP contribution in [-0.4, -0.2) is 16.8 Å². The van der Waals surface area contributed by atoms with E-state index < -0.39 is 6.03 Å². The molecule has 0 aliphatic rings. The van der Waals surface area contributed by atoms with E-state index in [0.29, 0.717) is 0 Å². The summed E-state index contributed by atoms with van der Waals surface area (Å²) < 4.78 is 1.76. The fourth-order valence-electron chi connectivity index (χ4n) is 0.844. The van der Waals surface area contributed by atoms with Crippen LogP contribution in [0.25, 0.3) is 6.20 Å². The first-order valence-corrected chi connectivity index (χ1v) is 3.62. The Hall–Kier alpha value is -2.04. The van der Waals surface area contributed by atoms with Crippen molar-refractivity contribution in [1.82, 2.24) is 9.99 Å². The molecule has 0 saturated heterocycles. The molecule has 0 aliphatic carbocycles. The van der Waals surface area contributed by atoms with Crippen LogP contribution in [0.5, 0.6) is 0 Å². The summed E-state index contributed by atoms with van der Waals surface area (Å²) in [6, 6.07) is 2.98. The van der Waals surface area contributed by atoms with Crippen LogP contribution >= 0.6 is 0 Å². The van der Waals surface area contributed by atoms with E-state index in [1.54, 1.807) is 10.8 Å². The number of carbonyl (C=O) groups excluding carboxylic acids is 1. The Morgan fingerprint density at radius 3 is 3.15 bits per heavy atom. The first-order valence-electron chi connectivity index (χ1n) is 3.62. The van der Waals surface area contributed by atoms with Gasteiger partial charge in [0.05, 0.1) is 11.9 Å². The minimum absolute atomic E-state index is 0.687. The third-order valence-electron chi connectivity index (χ3n) is 1.38. The van der Waals surface area contributed by atoms with Gasteiger partial charge in [-0.2, -0.15) is 5.10 Å². The summed E-state index contributed by atoms with van der Waals surface area (Å²) in [6.07, 6.45) is 4.93. The zero-order valence-electron chi connectivity index (χ0n) is 6.97. The molecule has 2 amide bonds. The average molecular weight is 178 g/mol. The van der Waals surface area contributed by atoms with Crippen molar-refractivity contribution >= 4 is 18.4 Å². The van der Waals surface area contributed by atoms with E-state index in [4.69, 9.17) is 5.73 Å². The van der Waals surface area contributed by atoms with Crippen LogP contribution in [-0.2, 0) is 0 Å². The van der Waals surface area contributed by atoms with Gasteiger partial charge >= 0.3 is 6.03 Å². The van der Waals surface area contributed by atoms with E-state index in [-0.39, 0.29) is 0 Å². The number of hydrazone groups is 1. The zero-order valence-corrected chi connectivity index (χ0v) is 6.97. The number of amides is 2. The van der Waals surface area contributed by atoms with Gasteiger partial charge in [-0.15, -0.1) is 0 Å². The van der Waals surface area contributed by atoms with Crippen LogP contribution in [0.15, 0.2) is 30.0 Å². The third kappa shape index (κ3) is 2.48. The second-order valence-corrected chi connectivity index (χ2v) is 2.26. The SMILES string of the molecule is C=Cn1cccc1C=NNC(N)=O. The van der Waals surface area contributed by atoms with E-state index in [0.717, 1.165) is 5.69 Å². The number of rotatable bonds is 3. The molecule has 0 aromatic carbocycles. The van der Waals surface area contributed by atoms with Crippen molar-refractivity contribution in [1.29, 1.82) is 0 Å². The molecule has 0 unspecified atom stereocenters. The number of nitrogens with two attached hydrogens (primary N) is 1. The van der Waals surface area contributed by atoms with Crippen molar-refractivity contribution < 1.29 is 4.79 Å². The summed E-state index contributed by atoms with van der Waals surface area (Å²) >= 11 is 0. The summed E-state index contributed by atoms with van der Waals surface area (Å²) in [6.45, 7) is 3.60. The van der Waals surface area contributed by atoms with Gasteiger partial charge in [0.1, 0.15) is 0 Å². The van der Waals surface area contributed by atoms with E-state index in [1.807, 2.05) is 18.3 Å². The molecule has 0 radical (unpaired) electrons. The summed E-state index contributed by atoms with van der Waals surface area (Å²) in [5.74, 6) is 0. The number of nitrogens with zero attached hydrogens (tertiary/aromatic N) is 2. The maximum absolute atomic E-state index is 10.3. The summed E-state index contributed by atoms with van der Waals surface area (Å²) in [4.78, 5) is 10.3. The minimum atomic E-state index is -0.687. The smallest absolute Gasteiger partial charge is 0.332 e. The van der Waals surface area contributed by atoms with E-state index in [9.17, 15) is 4.79 Å². The Balaban J connectivity index is 2.67. The molecular weight excluding hydrogens is 168 g/mol. The molecule has 0 spiro atoms. The second-order valence-electron chi connectivity index (χ2n) is 2.26. The number of urea groups is 1. The molecule has 1 aromatic rings. The average Bonchev–Trinajstić information content (AvgIpc) is 2.51. The van der Waals surface area contributed by atoms with Gasteiger partial charge in [0.25, 0.3) is 0 Å². The predicted molar refractivity (Wildman–Crippen MR) is 51.1 cm³/mol. The highest BCUT2D eigenvalue weighted by Crippen LogP contribution is 1.98. The molecule has 0 fully saturated rings.